The van der Waals surface area contributed by atoms with Crippen LogP contribution in [-0.4, -0.2) is 11.6 Å². The Hall–Kier alpha value is -0.920. The summed E-state index contributed by atoms with van der Waals surface area (Å²) in [6, 6.07) is 0. The normalized spacial score (nSPS) is 37.9. The van der Waals surface area contributed by atoms with Gasteiger partial charge in [0.2, 0.25) is 0 Å². The van der Waals surface area contributed by atoms with Gasteiger partial charge in [0.05, 0.1) is 0 Å². The van der Waals surface area contributed by atoms with Gasteiger partial charge in [-0.05, 0) is 25.3 Å². The third kappa shape index (κ3) is 1.24. The fourth-order valence-electron chi connectivity index (χ4n) is 2.98. The van der Waals surface area contributed by atoms with Gasteiger partial charge in [0.1, 0.15) is 5.78 Å². The lowest BCUT2D eigenvalue weighted by Crippen LogP contribution is -2.33. The third-order valence-corrected chi connectivity index (χ3v) is 3.98. The number of carbonyl (C=O) groups excluding carboxylic acids is 2. The van der Waals surface area contributed by atoms with Gasteiger partial charge in [-0.15, -0.1) is 0 Å². The van der Waals surface area contributed by atoms with Gasteiger partial charge in [0.25, 0.3) is 0 Å². The van der Waals surface area contributed by atoms with Gasteiger partial charge in [-0.2, -0.15) is 0 Å². The van der Waals surface area contributed by atoms with Crippen LogP contribution < -0.4 is 0 Å². The first kappa shape index (κ1) is 9.63. The Morgan fingerprint density at radius 3 is 2.64 bits per heavy atom. The minimum Gasteiger partial charge on any atom is -0.300 e. The van der Waals surface area contributed by atoms with E-state index >= 15 is 0 Å². The smallest absolute Gasteiger partial charge is 0.155 e. The number of rotatable bonds is 0. The molecule has 14 heavy (non-hydrogen) atoms. The Morgan fingerprint density at radius 1 is 1.43 bits per heavy atom. The Bertz CT molecular complexity index is 327. The summed E-state index contributed by atoms with van der Waals surface area (Å²) in [6.07, 6.45) is 4.67. The molecule has 2 atom stereocenters. The molecule has 0 aromatic rings. The molecule has 2 heteroatoms. The molecule has 2 aliphatic rings. The molecule has 0 N–H and O–H groups in total. The van der Waals surface area contributed by atoms with E-state index in [1.807, 2.05) is 6.92 Å². The molecule has 0 bridgehead atoms. The van der Waals surface area contributed by atoms with Gasteiger partial charge in [-0.3, -0.25) is 9.59 Å². The van der Waals surface area contributed by atoms with E-state index in [2.05, 4.69) is 6.92 Å². The maximum atomic E-state index is 11.4. The minimum atomic E-state index is 0.0327. The van der Waals surface area contributed by atoms with E-state index in [9.17, 15) is 9.59 Å². The highest BCUT2D eigenvalue weighted by Gasteiger charge is 2.46. The number of carbonyl (C=O) groups is 2. The molecule has 0 aliphatic heterocycles. The highest BCUT2D eigenvalue weighted by molar-refractivity contribution is 5.93. The molecule has 0 amide bonds. The summed E-state index contributed by atoms with van der Waals surface area (Å²) in [5.41, 5.74) is 1.16. The van der Waals surface area contributed by atoms with Gasteiger partial charge in [0, 0.05) is 24.7 Å². The zero-order valence-corrected chi connectivity index (χ0v) is 8.80. The Balaban J connectivity index is 2.38. The summed E-state index contributed by atoms with van der Waals surface area (Å²) in [5, 5.41) is 0. The summed E-state index contributed by atoms with van der Waals surface area (Å²) in [5.74, 6) is 0.922. The van der Waals surface area contributed by atoms with E-state index in [0.29, 0.717) is 31.0 Å². The number of Topliss-reactive ketones (excluding diaryl/α,β-unsaturated/α-hetero) is 1. The van der Waals surface area contributed by atoms with E-state index < -0.39 is 0 Å². The van der Waals surface area contributed by atoms with Crippen LogP contribution in [0.25, 0.3) is 0 Å². The average Bonchev–Trinajstić information content (AvgIpc) is 2.46. The van der Waals surface area contributed by atoms with Crippen LogP contribution in [0, 0.1) is 11.3 Å². The molecular weight excluding hydrogens is 176 g/mol. The summed E-state index contributed by atoms with van der Waals surface area (Å²) < 4.78 is 0. The molecular formula is C12H16O2. The quantitative estimate of drug-likeness (QED) is 0.590. The summed E-state index contributed by atoms with van der Waals surface area (Å²) in [4.78, 5) is 22.7. The zero-order chi connectivity index (χ0) is 10.3. The molecule has 0 saturated heterocycles. The van der Waals surface area contributed by atoms with Crippen LogP contribution in [-0.2, 0) is 9.59 Å². The maximum absolute atomic E-state index is 11.4. The second-order valence-electron chi connectivity index (χ2n) is 4.77. The molecule has 76 valence electrons. The average molecular weight is 192 g/mol. The van der Waals surface area contributed by atoms with Gasteiger partial charge < -0.3 is 0 Å². The van der Waals surface area contributed by atoms with Gasteiger partial charge in [-0.25, -0.2) is 0 Å². The van der Waals surface area contributed by atoms with E-state index in [1.54, 1.807) is 6.08 Å². The highest BCUT2D eigenvalue weighted by atomic mass is 16.1. The van der Waals surface area contributed by atoms with Crippen LogP contribution in [0.15, 0.2) is 11.6 Å². The second kappa shape index (κ2) is 3.04. The molecule has 0 heterocycles. The fourth-order valence-corrected chi connectivity index (χ4v) is 2.98. The van der Waals surface area contributed by atoms with Crippen molar-refractivity contribution in [1.29, 1.82) is 0 Å². The van der Waals surface area contributed by atoms with Crippen molar-refractivity contribution in [1.82, 2.24) is 0 Å². The Morgan fingerprint density at radius 2 is 2.14 bits per heavy atom. The van der Waals surface area contributed by atoms with Crippen molar-refractivity contribution in [3.8, 4) is 0 Å². The van der Waals surface area contributed by atoms with E-state index in [1.165, 1.54) is 0 Å². The van der Waals surface area contributed by atoms with Crippen LogP contribution in [0.2, 0.25) is 0 Å². The molecule has 2 aliphatic carbocycles. The SMILES string of the molecule is CC1=CC(=O)CC(C)C12CCC(=O)C2. The van der Waals surface area contributed by atoms with E-state index in [0.717, 1.165) is 12.0 Å². The van der Waals surface area contributed by atoms with Crippen molar-refractivity contribution in [2.75, 3.05) is 0 Å². The van der Waals surface area contributed by atoms with Crippen molar-refractivity contribution in [3.05, 3.63) is 11.6 Å². The van der Waals surface area contributed by atoms with Crippen molar-refractivity contribution in [2.45, 2.75) is 39.5 Å². The van der Waals surface area contributed by atoms with Crippen molar-refractivity contribution >= 4 is 11.6 Å². The second-order valence-corrected chi connectivity index (χ2v) is 4.77. The molecule has 0 aromatic carbocycles. The van der Waals surface area contributed by atoms with E-state index in [4.69, 9.17) is 0 Å². The largest absolute Gasteiger partial charge is 0.300 e. The van der Waals surface area contributed by atoms with E-state index in [-0.39, 0.29) is 11.2 Å². The van der Waals surface area contributed by atoms with Gasteiger partial charge >= 0.3 is 0 Å². The van der Waals surface area contributed by atoms with Crippen LogP contribution in [0.3, 0.4) is 0 Å². The monoisotopic (exact) mass is 192 g/mol. The Kier molecular flexibility index (Phi) is 2.09. The first-order valence-corrected chi connectivity index (χ1v) is 5.28. The van der Waals surface area contributed by atoms with Crippen LogP contribution in [0.4, 0.5) is 0 Å². The van der Waals surface area contributed by atoms with Crippen LogP contribution in [0.5, 0.6) is 0 Å². The lowest BCUT2D eigenvalue weighted by molar-refractivity contribution is -0.120. The first-order valence-electron chi connectivity index (χ1n) is 5.28. The molecule has 2 rings (SSSR count). The molecule has 1 fully saturated rings. The summed E-state index contributed by atoms with van der Waals surface area (Å²) in [7, 11) is 0. The van der Waals surface area contributed by atoms with Crippen LogP contribution >= 0.6 is 0 Å². The van der Waals surface area contributed by atoms with Crippen molar-refractivity contribution in [3.63, 3.8) is 0 Å². The van der Waals surface area contributed by atoms with Gasteiger partial charge in [0.15, 0.2) is 5.78 Å². The zero-order valence-electron chi connectivity index (χ0n) is 8.80. The molecule has 2 nitrogen and oxygen atoms in total. The van der Waals surface area contributed by atoms with Gasteiger partial charge in [-0.1, -0.05) is 12.5 Å². The summed E-state index contributed by atoms with van der Waals surface area (Å²) >= 11 is 0. The fraction of sp³-hybridized carbons (Fsp3) is 0.667. The predicted molar refractivity (Wildman–Crippen MR) is 53.8 cm³/mol. The maximum Gasteiger partial charge on any atom is 0.155 e. The molecule has 1 spiro atoms. The standard InChI is InChI=1S/C12H16O2/c1-8-5-11(14)6-9(2)12(8)4-3-10(13)7-12/h5,9H,3-4,6-7H2,1-2H3. The molecule has 1 saturated carbocycles. The number of allylic oxidation sites excluding steroid dienone is 2. The first-order chi connectivity index (χ1) is 6.54. The molecule has 0 aromatic heterocycles. The topological polar surface area (TPSA) is 34.1 Å². The van der Waals surface area contributed by atoms with Crippen molar-refractivity contribution < 1.29 is 9.59 Å². The Labute approximate surface area is 84.4 Å². The van der Waals surface area contributed by atoms with Crippen LogP contribution in [0.1, 0.15) is 39.5 Å². The number of hydrogen-bond acceptors (Lipinski definition) is 2. The lowest BCUT2D eigenvalue weighted by Gasteiger charge is -2.38. The number of ketones is 2. The molecule has 2 unspecified atom stereocenters. The minimum absolute atomic E-state index is 0.0327. The highest BCUT2D eigenvalue weighted by Crippen LogP contribution is 2.51. The predicted octanol–water partition coefficient (Wildman–Crippen LogP) is 2.28. The lowest BCUT2D eigenvalue weighted by atomic mass is 9.65. The summed E-state index contributed by atoms with van der Waals surface area (Å²) in [6.45, 7) is 4.11. The molecule has 0 radical (unpaired) electrons. The van der Waals surface area contributed by atoms with Crippen molar-refractivity contribution in [2.24, 2.45) is 11.3 Å². The number of hydrogen-bond donors (Lipinski definition) is 0. The third-order valence-electron chi connectivity index (χ3n) is 3.98.